The first-order chi connectivity index (χ1) is 12.2. The van der Waals surface area contributed by atoms with Crippen molar-refractivity contribution in [1.29, 1.82) is 0 Å². The molecule has 1 N–H and O–H groups in total. The summed E-state index contributed by atoms with van der Waals surface area (Å²) in [5.74, 6) is -2.86. The van der Waals surface area contributed by atoms with Gasteiger partial charge in [-0.1, -0.05) is 26.0 Å². The highest BCUT2D eigenvalue weighted by Crippen LogP contribution is 2.50. The number of nitrogens with zero attached hydrogens (tertiary/aromatic N) is 1. The Bertz CT molecular complexity index is 725. The zero-order valence-electron chi connectivity index (χ0n) is 15.2. The van der Waals surface area contributed by atoms with Crippen molar-refractivity contribution >= 4 is 25.2 Å². The number of rotatable bonds is 9. The van der Waals surface area contributed by atoms with Crippen LogP contribution in [0.15, 0.2) is 24.3 Å². The maximum Gasteiger partial charge on any atom is 0.307 e. The Labute approximate surface area is 152 Å². The van der Waals surface area contributed by atoms with Crippen molar-refractivity contribution in [2.45, 2.75) is 27.2 Å². The van der Waals surface area contributed by atoms with Gasteiger partial charge in [-0.05, 0) is 31.4 Å². The van der Waals surface area contributed by atoms with Gasteiger partial charge in [-0.3, -0.25) is 23.8 Å². The minimum atomic E-state index is -3.53. The number of fused-ring (bicyclic) bond motifs is 1. The summed E-state index contributed by atoms with van der Waals surface area (Å²) in [4.78, 5) is 37.4. The number of carboxylic acids is 1. The Hall–Kier alpha value is -1.98. The molecule has 1 unspecified atom stereocenters. The summed E-state index contributed by atoms with van der Waals surface area (Å²) in [5, 5.41) is 9.44. The number of hydrogen-bond donors (Lipinski definition) is 1. The average molecular weight is 381 g/mol. The Kier molecular flexibility index (Phi) is 6.37. The quantitative estimate of drug-likeness (QED) is 0.520. The number of aliphatic carboxylic acids is 1. The SMILES string of the molecule is CCOP(=O)(C[C@@H](CC(C)C)C(=O)O)CN1C(=O)c2ccccc2C1=O. The van der Waals surface area contributed by atoms with Gasteiger partial charge in [0.1, 0.15) is 6.29 Å². The van der Waals surface area contributed by atoms with Gasteiger partial charge in [0.15, 0.2) is 0 Å². The van der Waals surface area contributed by atoms with E-state index in [4.69, 9.17) is 4.52 Å². The van der Waals surface area contributed by atoms with E-state index in [2.05, 4.69) is 0 Å². The molecule has 142 valence electrons. The Balaban J connectivity index is 2.25. The zero-order chi connectivity index (χ0) is 19.5. The minimum Gasteiger partial charge on any atom is -0.481 e. The monoisotopic (exact) mass is 381 g/mol. The molecule has 0 aromatic heterocycles. The molecule has 1 aromatic carbocycles. The maximum absolute atomic E-state index is 13.3. The van der Waals surface area contributed by atoms with Crippen molar-refractivity contribution in [3.05, 3.63) is 35.4 Å². The van der Waals surface area contributed by atoms with Crippen molar-refractivity contribution in [1.82, 2.24) is 4.90 Å². The molecule has 1 aromatic rings. The van der Waals surface area contributed by atoms with E-state index in [-0.39, 0.29) is 29.8 Å². The van der Waals surface area contributed by atoms with Crippen LogP contribution in [-0.2, 0) is 13.9 Å². The molecule has 2 rings (SSSR count). The molecule has 2 atom stereocenters. The van der Waals surface area contributed by atoms with Crippen molar-refractivity contribution in [2.75, 3.05) is 19.1 Å². The lowest BCUT2D eigenvalue weighted by molar-refractivity contribution is -0.141. The fourth-order valence-corrected chi connectivity index (χ4v) is 5.57. The normalized spacial score (nSPS) is 17.3. The highest BCUT2D eigenvalue weighted by molar-refractivity contribution is 7.59. The van der Waals surface area contributed by atoms with Crippen molar-refractivity contribution < 1.29 is 28.6 Å². The van der Waals surface area contributed by atoms with E-state index in [1.54, 1.807) is 31.2 Å². The molecule has 1 heterocycles. The summed E-state index contributed by atoms with van der Waals surface area (Å²) in [6.45, 7) is 5.51. The Morgan fingerprint density at radius 2 is 1.73 bits per heavy atom. The number of carbonyl (C=O) groups is 3. The predicted molar refractivity (Wildman–Crippen MR) is 96.5 cm³/mol. The van der Waals surface area contributed by atoms with Crippen LogP contribution in [-0.4, -0.2) is 46.8 Å². The van der Waals surface area contributed by atoms with Gasteiger partial charge in [-0.25, -0.2) is 0 Å². The van der Waals surface area contributed by atoms with Crippen molar-refractivity contribution in [2.24, 2.45) is 11.8 Å². The molecule has 8 heteroatoms. The van der Waals surface area contributed by atoms with Gasteiger partial charge in [-0.15, -0.1) is 0 Å². The van der Waals surface area contributed by atoms with E-state index in [1.165, 1.54) is 0 Å². The van der Waals surface area contributed by atoms with E-state index in [0.29, 0.717) is 6.42 Å². The second kappa shape index (κ2) is 8.14. The fraction of sp³-hybridized carbons (Fsp3) is 0.500. The van der Waals surface area contributed by atoms with Gasteiger partial charge in [0.25, 0.3) is 11.8 Å². The standard InChI is InChI=1S/C18H24NO6P/c1-4-25-26(24,10-13(18(22)23)9-12(2)3)11-19-16(20)14-7-5-6-8-15(14)17(19)21/h5-8,12-13H,4,9-11H2,1-3H3,(H,22,23)/t13-,26?/m1/s1. The molecule has 7 nitrogen and oxygen atoms in total. The van der Waals surface area contributed by atoms with Crippen LogP contribution in [0, 0.1) is 11.8 Å². The van der Waals surface area contributed by atoms with Gasteiger partial charge in [0.2, 0.25) is 7.37 Å². The molecule has 0 spiro atoms. The zero-order valence-corrected chi connectivity index (χ0v) is 16.1. The summed E-state index contributed by atoms with van der Waals surface area (Å²) in [6.07, 6.45) is -0.272. The van der Waals surface area contributed by atoms with Crippen LogP contribution in [0.2, 0.25) is 0 Å². The maximum atomic E-state index is 13.3. The molecule has 0 bridgehead atoms. The van der Waals surface area contributed by atoms with E-state index in [9.17, 15) is 24.1 Å². The smallest absolute Gasteiger partial charge is 0.307 e. The molecule has 0 saturated carbocycles. The summed E-state index contributed by atoms with van der Waals surface area (Å²) in [6, 6.07) is 6.39. The highest BCUT2D eigenvalue weighted by atomic mass is 31.2. The summed E-state index contributed by atoms with van der Waals surface area (Å²) in [5.41, 5.74) is 0.523. The molecule has 0 radical (unpaired) electrons. The first-order valence-corrected chi connectivity index (χ1v) is 10.6. The molecule has 0 aliphatic carbocycles. The number of carboxylic acid groups (broad SMARTS) is 1. The fourth-order valence-electron chi connectivity index (χ4n) is 3.13. The third-order valence-electron chi connectivity index (χ3n) is 4.20. The highest BCUT2D eigenvalue weighted by Gasteiger charge is 2.41. The van der Waals surface area contributed by atoms with Gasteiger partial charge in [-0.2, -0.15) is 0 Å². The first kappa shape index (κ1) is 20.3. The lowest BCUT2D eigenvalue weighted by Gasteiger charge is -2.26. The van der Waals surface area contributed by atoms with Crippen LogP contribution in [0.5, 0.6) is 0 Å². The van der Waals surface area contributed by atoms with E-state index in [1.807, 2.05) is 13.8 Å². The molecule has 0 fully saturated rings. The molecule has 0 saturated heterocycles. The number of imide groups is 1. The molecule has 2 amide bonds. The van der Waals surface area contributed by atoms with Crippen LogP contribution in [0.3, 0.4) is 0 Å². The lowest BCUT2D eigenvalue weighted by atomic mass is 9.99. The topological polar surface area (TPSA) is 101 Å². The second-order valence-corrected chi connectivity index (χ2v) is 9.34. The van der Waals surface area contributed by atoms with E-state index < -0.39 is 37.4 Å². The largest absolute Gasteiger partial charge is 0.481 e. The van der Waals surface area contributed by atoms with E-state index in [0.717, 1.165) is 4.90 Å². The Morgan fingerprint density at radius 1 is 1.19 bits per heavy atom. The second-order valence-electron chi connectivity index (χ2n) is 6.80. The van der Waals surface area contributed by atoms with E-state index >= 15 is 0 Å². The van der Waals surface area contributed by atoms with Crippen LogP contribution >= 0.6 is 7.37 Å². The summed E-state index contributed by atoms with van der Waals surface area (Å²) >= 11 is 0. The molecular weight excluding hydrogens is 357 g/mol. The van der Waals surface area contributed by atoms with Gasteiger partial charge in [0.05, 0.1) is 23.7 Å². The number of hydrogen-bond acceptors (Lipinski definition) is 5. The lowest BCUT2D eigenvalue weighted by Crippen LogP contribution is -2.33. The minimum absolute atomic E-state index is 0.102. The summed E-state index contributed by atoms with van der Waals surface area (Å²) < 4.78 is 18.7. The van der Waals surface area contributed by atoms with Crippen LogP contribution in [0.4, 0.5) is 0 Å². The predicted octanol–water partition coefficient (Wildman–Crippen LogP) is 3.30. The van der Waals surface area contributed by atoms with Crippen molar-refractivity contribution in [3.63, 3.8) is 0 Å². The number of amides is 2. The van der Waals surface area contributed by atoms with Gasteiger partial charge >= 0.3 is 5.97 Å². The van der Waals surface area contributed by atoms with Crippen LogP contribution in [0.1, 0.15) is 47.9 Å². The molecule has 1 aliphatic heterocycles. The van der Waals surface area contributed by atoms with Gasteiger partial charge in [0, 0.05) is 6.16 Å². The first-order valence-electron chi connectivity index (χ1n) is 8.59. The number of benzene rings is 1. The molecule has 1 aliphatic rings. The van der Waals surface area contributed by atoms with Gasteiger partial charge < -0.3 is 9.63 Å². The molecule has 26 heavy (non-hydrogen) atoms. The summed E-state index contributed by atoms with van der Waals surface area (Å²) in [7, 11) is -3.53. The average Bonchev–Trinajstić information content (AvgIpc) is 2.79. The third-order valence-corrected chi connectivity index (χ3v) is 6.64. The Morgan fingerprint density at radius 3 is 2.15 bits per heavy atom. The van der Waals surface area contributed by atoms with Crippen LogP contribution in [0.25, 0.3) is 0 Å². The van der Waals surface area contributed by atoms with Crippen LogP contribution < -0.4 is 0 Å². The number of carbonyl (C=O) groups excluding carboxylic acids is 2. The molecular formula is C18H24NO6P. The third kappa shape index (κ3) is 4.40. The van der Waals surface area contributed by atoms with Crippen molar-refractivity contribution in [3.8, 4) is 0 Å².